The minimum Gasteiger partial charge on any atom is -0.308 e. The molecule has 1 aliphatic carbocycles. The van der Waals surface area contributed by atoms with Crippen LogP contribution in [0.4, 0.5) is 5.82 Å². The van der Waals surface area contributed by atoms with Gasteiger partial charge in [0.05, 0.1) is 0 Å². The number of hydrogen-bond donors (Lipinski definition) is 2. The number of aromatic nitrogens is 2. The molecule has 1 saturated carbocycles. The molecule has 1 aliphatic rings. The van der Waals surface area contributed by atoms with E-state index in [2.05, 4.69) is 50.4 Å². The van der Waals surface area contributed by atoms with Crippen molar-refractivity contribution in [3.8, 4) is 11.4 Å². The maximum atomic E-state index is 5.50. The molecule has 98 valence electrons. The Bertz CT molecular complexity index is 623. The van der Waals surface area contributed by atoms with Gasteiger partial charge in [0.15, 0.2) is 5.82 Å². The SMILES string of the molecule is Cc1ccc(-c2nc(NN)cc(C3CC3)n2)c(Br)c1. The fourth-order valence-electron chi connectivity index (χ4n) is 2.05. The fourth-order valence-corrected chi connectivity index (χ4v) is 2.72. The van der Waals surface area contributed by atoms with Crippen LogP contribution in [-0.4, -0.2) is 9.97 Å². The van der Waals surface area contributed by atoms with Crippen LogP contribution in [0.1, 0.15) is 30.0 Å². The summed E-state index contributed by atoms with van der Waals surface area (Å²) in [4.78, 5) is 9.11. The van der Waals surface area contributed by atoms with Crippen LogP contribution < -0.4 is 11.3 Å². The molecule has 1 fully saturated rings. The number of nitrogens with two attached hydrogens (primary N) is 1. The van der Waals surface area contributed by atoms with Crippen LogP contribution in [0.15, 0.2) is 28.7 Å². The summed E-state index contributed by atoms with van der Waals surface area (Å²) in [6, 6.07) is 8.09. The van der Waals surface area contributed by atoms with E-state index in [1.807, 2.05) is 12.1 Å². The zero-order valence-corrected chi connectivity index (χ0v) is 12.2. The Morgan fingerprint density at radius 2 is 2.05 bits per heavy atom. The van der Waals surface area contributed by atoms with Gasteiger partial charge in [-0.25, -0.2) is 15.8 Å². The van der Waals surface area contributed by atoms with Gasteiger partial charge in [-0.1, -0.05) is 22.0 Å². The summed E-state index contributed by atoms with van der Waals surface area (Å²) in [6.45, 7) is 2.06. The molecule has 0 aliphatic heterocycles. The van der Waals surface area contributed by atoms with Crippen molar-refractivity contribution < 1.29 is 0 Å². The maximum absolute atomic E-state index is 5.50. The van der Waals surface area contributed by atoms with Crippen LogP contribution in [0.25, 0.3) is 11.4 Å². The van der Waals surface area contributed by atoms with Gasteiger partial charge in [0.2, 0.25) is 0 Å². The summed E-state index contributed by atoms with van der Waals surface area (Å²) < 4.78 is 1.00. The number of benzene rings is 1. The number of anilines is 1. The largest absolute Gasteiger partial charge is 0.308 e. The topological polar surface area (TPSA) is 63.8 Å². The number of nitrogens with zero attached hydrogens (tertiary/aromatic N) is 2. The average molecular weight is 319 g/mol. The van der Waals surface area contributed by atoms with Gasteiger partial charge in [-0.15, -0.1) is 0 Å². The normalized spacial score (nSPS) is 14.5. The zero-order valence-electron chi connectivity index (χ0n) is 10.7. The molecule has 2 aromatic rings. The minimum atomic E-state index is 0.568. The first-order chi connectivity index (χ1) is 9.17. The Hall–Kier alpha value is -1.46. The van der Waals surface area contributed by atoms with Crippen LogP contribution in [0, 0.1) is 6.92 Å². The number of hydrogen-bond acceptors (Lipinski definition) is 4. The van der Waals surface area contributed by atoms with Crippen LogP contribution in [-0.2, 0) is 0 Å². The molecule has 3 rings (SSSR count). The third kappa shape index (κ3) is 2.62. The minimum absolute atomic E-state index is 0.568. The molecule has 1 aromatic heterocycles. The fraction of sp³-hybridized carbons (Fsp3) is 0.286. The second-order valence-electron chi connectivity index (χ2n) is 4.90. The first kappa shape index (κ1) is 12.6. The van der Waals surface area contributed by atoms with Gasteiger partial charge in [0.1, 0.15) is 5.82 Å². The molecular weight excluding hydrogens is 304 g/mol. The number of nitrogen functional groups attached to an aromatic ring is 1. The highest BCUT2D eigenvalue weighted by atomic mass is 79.9. The van der Waals surface area contributed by atoms with E-state index in [0.717, 1.165) is 15.7 Å². The molecule has 4 nitrogen and oxygen atoms in total. The summed E-state index contributed by atoms with van der Waals surface area (Å²) in [5, 5.41) is 0. The summed E-state index contributed by atoms with van der Waals surface area (Å²) in [6.07, 6.45) is 2.41. The van der Waals surface area contributed by atoms with Gasteiger partial charge in [-0.2, -0.15) is 0 Å². The Morgan fingerprint density at radius 3 is 2.68 bits per heavy atom. The smallest absolute Gasteiger partial charge is 0.162 e. The van der Waals surface area contributed by atoms with E-state index in [-0.39, 0.29) is 0 Å². The first-order valence-corrected chi connectivity index (χ1v) is 7.09. The molecule has 1 heterocycles. The molecule has 0 bridgehead atoms. The molecule has 19 heavy (non-hydrogen) atoms. The van der Waals surface area contributed by atoms with Crippen molar-refractivity contribution in [1.29, 1.82) is 0 Å². The van der Waals surface area contributed by atoms with Gasteiger partial charge < -0.3 is 5.43 Å². The number of aryl methyl sites for hydroxylation is 1. The van der Waals surface area contributed by atoms with E-state index in [1.165, 1.54) is 18.4 Å². The number of hydrazine groups is 1. The van der Waals surface area contributed by atoms with Crippen molar-refractivity contribution in [3.63, 3.8) is 0 Å². The second-order valence-corrected chi connectivity index (χ2v) is 5.76. The van der Waals surface area contributed by atoms with Gasteiger partial charge in [-0.3, -0.25) is 0 Å². The highest BCUT2D eigenvalue weighted by Gasteiger charge is 2.26. The van der Waals surface area contributed by atoms with Crippen molar-refractivity contribution in [3.05, 3.63) is 40.0 Å². The predicted molar refractivity (Wildman–Crippen MR) is 79.7 cm³/mol. The summed E-state index contributed by atoms with van der Waals surface area (Å²) in [5.74, 6) is 7.44. The highest BCUT2D eigenvalue weighted by Crippen LogP contribution is 2.40. The van der Waals surface area contributed by atoms with E-state index in [0.29, 0.717) is 17.6 Å². The van der Waals surface area contributed by atoms with Crippen molar-refractivity contribution in [2.24, 2.45) is 5.84 Å². The third-order valence-electron chi connectivity index (χ3n) is 3.25. The van der Waals surface area contributed by atoms with Gasteiger partial charge in [-0.05, 0) is 37.5 Å². The summed E-state index contributed by atoms with van der Waals surface area (Å²) >= 11 is 3.58. The van der Waals surface area contributed by atoms with Crippen LogP contribution in [0.3, 0.4) is 0 Å². The molecule has 0 saturated heterocycles. The molecule has 1 aromatic carbocycles. The molecule has 0 amide bonds. The van der Waals surface area contributed by atoms with E-state index in [1.54, 1.807) is 0 Å². The van der Waals surface area contributed by atoms with E-state index in [4.69, 9.17) is 5.84 Å². The van der Waals surface area contributed by atoms with Crippen molar-refractivity contribution in [1.82, 2.24) is 9.97 Å². The highest BCUT2D eigenvalue weighted by molar-refractivity contribution is 9.10. The lowest BCUT2D eigenvalue weighted by molar-refractivity contribution is 0.990. The van der Waals surface area contributed by atoms with Crippen molar-refractivity contribution in [2.75, 3.05) is 5.43 Å². The Labute approximate surface area is 120 Å². The van der Waals surface area contributed by atoms with Gasteiger partial charge in [0, 0.05) is 27.7 Å². The Morgan fingerprint density at radius 1 is 1.26 bits per heavy atom. The molecule has 0 atom stereocenters. The third-order valence-corrected chi connectivity index (χ3v) is 3.91. The summed E-state index contributed by atoms with van der Waals surface area (Å²) in [5.41, 5.74) is 5.89. The molecular formula is C14H15BrN4. The molecule has 0 radical (unpaired) electrons. The number of nitrogens with one attached hydrogen (secondary N) is 1. The first-order valence-electron chi connectivity index (χ1n) is 6.29. The van der Waals surface area contributed by atoms with E-state index < -0.39 is 0 Å². The standard InChI is InChI=1S/C14H15BrN4/c1-8-2-5-10(11(15)6-8)14-17-12(9-3-4-9)7-13(18-14)19-16/h2,5-7,9H,3-4,16H2,1H3,(H,17,18,19). The van der Waals surface area contributed by atoms with Crippen LogP contribution in [0.5, 0.6) is 0 Å². The number of rotatable bonds is 3. The lowest BCUT2D eigenvalue weighted by Crippen LogP contribution is -2.10. The maximum Gasteiger partial charge on any atom is 0.162 e. The molecule has 3 N–H and O–H groups in total. The van der Waals surface area contributed by atoms with Gasteiger partial charge >= 0.3 is 0 Å². The van der Waals surface area contributed by atoms with Crippen LogP contribution >= 0.6 is 15.9 Å². The number of halogens is 1. The lowest BCUT2D eigenvalue weighted by Gasteiger charge is -2.09. The summed E-state index contributed by atoms with van der Waals surface area (Å²) in [7, 11) is 0. The molecule has 0 spiro atoms. The van der Waals surface area contributed by atoms with Crippen molar-refractivity contribution >= 4 is 21.7 Å². The molecule has 0 unspecified atom stereocenters. The average Bonchev–Trinajstić information content (AvgIpc) is 3.22. The lowest BCUT2D eigenvalue weighted by atomic mass is 10.1. The van der Waals surface area contributed by atoms with E-state index in [9.17, 15) is 0 Å². The Kier molecular flexibility index (Phi) is 3.24. The van der Waals surface area contributed by atoms with Gasteiger partial charge in [0.25, 0.3) is 0 Å². The quantitative estimate of drug-likeness (QED) is 0.672. The van der Waals surface area contributed by atoms with Crippen LogP contribution in [0.2, 0.25) is 0 Å². The Balaban J connectivity index is 2.10. The van der Waals surface area contributed by atoms with Crippen molar-refractivity contribution in [2.45, 2.75) is 25.7 Å². The molecule has 5 heteroatoms. The van der Waals surface area contributed by atoms with E-state index >= 15 is 0 Å². The second kappa shape index (κ2) is 4.90. The zero-order chi connectivity index (χ0) is 13.4. The monoisotopic (exact) mass is 318 g/mol. The predicted octanol–water partition coefficient (Wildman–Crippen LogP) is 3.38.